The number of carbonyl (C=O) groups excluding carboxylic acids is 2. The minimum Gasteiger partial charge on any atom is -0.394 e. The highest BCUT2D eigenvalue weighted by Gasteiger charge is 2.24. The molecule has 0 aliphatic carbocycles. The SMILES string of the molecule is CCC(CO)NC(=O)C(NC(N)=O)C(C)C. The second-order valence-electron chi connectivity index (χ2n) is 4.03. The Morgan fingerprint density at radius 3 is 2.19 bits per heavy atom. The van der Waals surface area contributed by atoms with Crippen LogP contribution < -0.4 is 16.4 Å². The van der Waals surface area contributed by atoms with E-state index < -0.39 is 12.1 Å². The number of amides is 3. The van der Waals surface area contributed by atoms with Crippen molar-refractivity contribution in [1.29, 1.82) is 0 Å². The van der Waals surface area contributed by atoms with E-state index in [-0.39, 0.29) is 24.5 Å². The number of hydrogen-bond donors (Lipinski definition) is 4. The van der Waals surface area contributed by atoms with Crippen molar-refractivity contribution >= 4 is 11.9 Å². The average Bonchev–Trinajstić information content (AvgIpc) is 2.21. The lowest BCUT2D eigenvalue weighted by molar-refractivity contribution is -0.124. The van der Waals surface area contributed by atoms with E-state index >= 15 is 0 Å². The van der Waals surface area contributed by atoms with Gasteiger partial charge in [0, 0.05) is 0 Å². The van der Waals surface area contributed by atoms with Crippen molar-refractivity contribution in [3.63, 3.8) is 0 Å². The van der Waals surface area contributed by atoms with Crippen LogP contribution in [0.4, 0.5) is 4.79 Å². The van der Waals surface area contributed by atoms with E-state index in [1.165, 1.54) is 0 Å². The van der Waals surface area contributed by atoms with Crippen LogP contribution in [0, 0.1) is 5.92 Å². The molecule has 0 aromatic carbocycles. The third kappa shape index (κ3) is 4.97. The smallest absolute Gasteiger partial charge is 0.312 e. The molecule has 0 aromatic rings. The number of urea groups is 1. The lowest BCUT2D eigenvalue weighted by atomic mass is 10.0. The first-order chi connectivity index (χ1) is 7.42. The number of carbonyl (C=O) groups is 2. The second kappa shape index (κ2) is 7.05. The Labute approximate surface area is 95.6 Å². The fourth-order valence-corrected chi connectivity index (χ4v) is 1.26. The Bertz CT molecular complexity index is 239. The van der Waals surface area contributed by atoms with Gasteiger partial charge in [-0.25, -0.2) is 4.79 Å². The van der Waals surface area contributed by atoms with Crippen molar-refractivity contribution in [3.05, 3.63) is 0 Å². The highest BCUT2D eigenvalue weighted by Crippen LogP contribution is 2.02. The molecule has 2 unspecified atom stereocenters. The van der Waals surface area contributed by atoms with Gasteiger partial charge in [0.05, 0.1) is 12.6 Å². The van der Waals surface area contributed by atoms with Crippen molar-refractivity contribution in [2.45, 2.75) is 39.3 Å². The van der Waals surface area contributed by atoms with Crippen molar-refractivity contribution < 1.29 is 14.7 Å². The van der Waals surface area contributed by atoms with E-state index in [2.05, 4.69) is 10.6 Å². The summed E-state index contributed by atoms with van der Waals surface area (Å²) in [6, 6.07) is -1.69. The summed E-state index contributed by atoms with van der Waals surface area (Å²) in [7, 11) is 0. The zero-order valence-corrected chi connectivity index (χ0v) is 9.99. The minimum absolute atomic E-state index is 0.0660. The molecule has 0 bridgehead atoms. The van der Waals surface area contributed by atoms with E-state index in [0.717, 1.165) is 0 Å². The number of rotatable bonds is 6. The zero-order chi connectivity index (χ0) is 12.7. The molecule has 0 fully saturated rings. The molecular weight excluding hydrogens is 210 g/mol. The molecule has 0 aliphatic heterocycles. The second-order valence-corrected chi connectivity index (χ2v) is 4.03. The summed E-state index contributed by atoms with van der Waals surface area (Å²) in [4.78, 5) is 22.5. The van der Waals surface area contributed by atoms with Gasteiger partial charge < -0.3 is 21.5 Å². The molecule has 94 valence electrons. The number of primary amides is 1. The van der Waals surface area contributed by atoms with Gasteiger partial charge in [0.15, 0.2) is 0 Å². The zero-order valence-electron chi connectivity index (χ0n) is 9.99. The normalized spacial score (nSPS) is 14.3. The van der Waals surface area contributed by atoms with Gasteiger partial charge in [0.1, 0.15) is 6.04 Å². The monoisotopic (exact) mass is 231 g/mol. The standard InChI is InChI=1S/C10H21N3O3/c1-4-7(5-14)12-9(15)8(6(2)3)13-10(11)16/h6-8,14H,4-5H2,1-3H3,(H,12,15)(H3,11,13,16). The van der Waals surface area contributed by atoms with Gasteiger partial charge in [-0.05, 0) is 12.3 Å². The molecule has 0 saturated heterocycles. The predicted molar refractivity (Wildman–Crippen MR) is 60.7 cm³/mol. The van der Waals surface area contributed by atoms with E-state index in [1.54, 1.807) is 13.8 Å². The van der Waals surface area contributed by atoms with Gasteiger partial charge in [-0.1, -0.05) is 20.8 Å². The Morgan fingerprint density at radius 2 is 1.88 bits per heavy atom. The van der Waals surface area contributed by atoms with Crippen LogP contribution in [0.25, 0.3) is 0 Å². The van der Waals surface area contributed by atoms with Crippen LogP contribution in [0.1, 0.15) is 27.2 Å². The highest BCUT2D eigenvalue weighted by molar-refractivity contribution is 5.86. The Hall–Kier alpha value is -1.30. The molecule has 0 rings (SSSR count). The molecule has 0 saturated carbocycles. The number of nitrogens with two attached hydrogens (primary N) is 1. The molecule has 0 radical (unpaired) electrons. The van der Waals surface area contributed by atoms with Crippen LogP contribution in [0.15, 0.2) is 0 Å². The van der Waals surface area contributed by atoms with E-state index in [9.17, 15) is 9.59 Å². The summed E-state index contributed by atoms with van der Waals surface area (Å²) in [5.74, 6) is -0.390. The lowest BCUT2D eigenvalue weighted by Crippen LogP contribution is -2.53. The quantitative estimate of drug-likeness (QED) is 0.498. The van der Waals surface area contributed by atoms with Crippen molar-refractivity contribution in [2.75, 3.05) is 6.61 Å². The molecule has 3 amide bonds. The molecule has 0 aromatic heterocycles. The molecular formula is C10H21N3O3. The van der Waals surface area contributed by atoms with Crippen molar-refractivity contribution in [2.24, 2.45) is 11.7 Å². The van der Waals surface area contributed by atoms with Crippen molar-refractivity contribution in [3.8, 4) is 0 Å². The van der Waals surface area contributed by atoms with Gasteiger partial charge in [-0.3, -0.25) is 4.79 Å². The largest absolute Gasteiger partial charge is 0.394 e. The molecule has 0 aliphatic rings. The van der Waals surface area contributed by atoms with E-state index in [0.29, 0.717) is 6.42 Å². The number of hydrogen-bond acceptors (Lipinski definition) is 3. The van der Waals surface area contributed by atoms with Gasteiger partial charge in [0.2, 0.25) is 5.91 Å². The van der Waals surface area contributed by atoms with Gasteiger partial charge >= 0.3 is 6.03 Å². The minimum atomic E-state index is -0.731. The van der Waals surface area contributed by atoms with E-state index in [4.69, 9.17) is 10.8 Å². The third-order valence-corrected chi connectivity index (χ3v) is 2.31. The average molecular weight is 231 g/mol. The van der Waals surface area contributed by atoms with Gasteiger partial charge in [-0.2, -0.15) is 0 Å². The first-order valence-corrected chi connectivity index (χ1v) is 5.39. The first kappa shape index (κ1) is 14.7. The summed E-state index contributed by atoms with van der Waals surface area (Å²) < 4.78 is 0. The number of aliphatic hydroxyl groups is 1. The Kier molecular flexibility index (Phi) is 6.48. The van der Waals surface area contributed by atoms with E-state index in [1.807, 2.05) is 6.92 Å². The van der Waals surface area contributed by atoms with Crippen LogP contribution in [0.5, 0.6) is 0 Å². The maximum absolute atomic E-state index is 11.8. The highest BCUT2D eigenvalue weighted by atomic mass is 16.3. The Morgan fingerprint density at radius 1 is 1.31 bits per heavy atom. The van der Waals surface area contributed by atoms with Gasteiger partial charge in [-0.15, -0.1) is 0 Å². The molecule has 0 heterocycles. The molecule has 16 heavy (non-hydrogen) atoms. The molecule has 5 N–H and O–H groups in total. The van der Waals surface area contributed by atoms with Crippen LogP contribution >= 0.6 is 0 Å². The van der Waals surface area contributed by atoms with Crippen molar-refractivity contribution in [1.82, 2.24) is 10.6 Å². The molecule has 6 heteroatoms. The van der Waals surface area contributed by atoms with Gasteiger partial charge in [0.25, 0.3) is 0 Å². The summed E-state index contributed by atoms with van der Waals surface area (Å²) in [5, 5.41) is 14.0. The van der Waals surface area contributed by atoms with Crippen LogP contribution in [0.3, 0.4) is 0 Å². The van der Waals surface area contributed by atoms with Crippen LogP contribution in [-0.2, 0) is 4.79 Å². The van der Waals surface area contributed by atoms with Crippen LogP contribution in [-0.4, -0.2) is 35.7 Å². The molecule has 6 nitrogen and oxygen atoms in total. The maximum atomic E-state index is 11.8. The Balaban J connectivity index is 4.43. The number of aliphatic hydroxyl groups excluding tert-OH is 1. The fraction of sp³-hybridized carbons (Fsp3) is 0.800. The fourth-order valence-electron chi connectivity index (χ4n) is 1.26. The number of nitrogens with one attached hydrogen (secondary N) is 2. The lowest BCUT2D eigenvalue weighted by Gasteiger charge is -2.23. The first-order valence-electron chi connectivity index (χ1n) is 5.39. The predicted octanol–water partition coefficient (Wildman–Crippen LogP) is -0.434. The maximum Gasteiger partial charge on any atom is 0.312 e. The molecule has 2 atom stereocenters. The molecule has 0 spiro atoms. The third-order valence-electron chi connectivity index (χ3n) is 2.31. The summed E-state index contributed by atoms with van der Waals surface area (Å²) in [6.07, 6.45) is 0.629. The summed E-state index contributed by atoms with van der Waals surface area (Å²) in [6.45, 7) is 5.34. The van der Waals surface area contributed by atoms with Crippen LogP contribution in [0.2, 0.25) is 0 Å². The topological polar surface area (TPSA) is 104 Å². The summed E-state index contributed by atoms with van der Waals surface area (Å²) >= 11 is 0. The summed E-state index contributed by atoms with van der Waals surface area (Å²) in [5.41, 5.74) is 4.99.